The Morgan fingerprint density at radius 3 is 2.47 bits per heavy atom. The maximum absolute atomic E-state index is 13.6. The van der Waals surface area contributed by atoms with Crippen molar-refractivity contribution in [2.75, 3.05) is 0 Å². The first-order valence-corrected chi connectivity index (χ1v) is 6.35. The highest BCUT2D eigenvalue weighted by Crippen LogP contribution is 2.54. The van der Waals surface area contributed by atoms with Gasteiger partial charge in [0.15, 0.2) is 0 Å². The molecule has 0 amide bonds. The lowest BCUT2D eigenvalue weighted by Gasteiger charge is -2.12. The molecule has 19 heavy (non-hydrogen) atoms. The van der Waals surface area contributed by atoms with E-state index in [1.165, 1.54) is 12.1 Å². The molecule has 0 bridgehead atoms. The van der Waals surface area contributed by atoms with E-state index in [0.717, 1.165) is 18.1 Å². The van der Waals surface area contributed by atoms with Crippen LogP contribution in [0.3, 0.4) is 0 Å². The Morgan fingerprint density at radius 2 is 1.79 bits per heavy atom. The van der Waals surface area contributed by atoms with Gasteiger partial charge in [-0.3, -0.25) is 0 Å². The van der Waals surface area contributed by atoms with Crippen LogP contribution < -0.4 is 0 Å². The van der Waals surface area contributed by atoms with Crippen LogP contribution in [-0.4, -0.2) is 5.11 Å². The third-order valence-electron chi connectivity index (χ3n) is 3.75. The van der Waals surface area contributed by atoms with E-state index in [-0.39, 0.29) is 17.4 Å². The molecule has 1 nitrogen and oxygen atoms in total. The van der Waals surface area contributed by atoms with E-state index in [2.05, 4.69) is 0 Å². The average Bonchev–Trinajstić information content (AvgIpc) is 3.19. The van der Waals surface area contributed by atoms with Crippen LogP contribution in [-0.2, 0) is 0 Å². The summed E-state index contributed by atoms with van der Waals surface area (Å²) in [6.45, 7) is 0. The Hall–Kier alpha value is -1.74. The van der Waals surface area contributed by atoms with Gasteiger partial charge in [0.1, 0.15) is 11.6 Å². The quantitative estimate of drug-likeness (QED) is 0.890. The Kier molecular flexibility index (Phi) is 3.07. The first-order valence-electron chi connectivity index (χ1n) is 6.35. The average molecular weight is 260 g/mol. The molecule has 3 unspecified atom stereocenters. The van der Waals surface area contributed by atoms with Gasteiger partial charge < -0.3 is 5.11 Å². The summed E-state index contributed by atoms with van der Waals surface area (Å²) >= 11 is 0. The zero-order valence-electron chi connectivity index (χ0n) is 10.3. The van der Waals surface area contributed by atoms with Crippen LogP contribution in [0.4, 0.5) is 8.78 Å². The second kappa shape index (κ2) is 4.74. The smallest absolute Gasteiger partial charge is 0.131 e. The fraction of sp³-hybridized carbons (Fsp3) is 0.250. The van der Waals surface area contributed by atoms with Gasteiger partial charge in [-0.05, 0) is 29.9 Å². The van der Waals surface area contributed by atoms with Crippen molar-refractivity contribution in [3.63, 3.8) is 0 Å². The van der Waals surface area contributed by atoms with Gasteiger partial charge in [-0.2, -0.15) is 0 Å². The van der Waals surface area contributed by atoms with Gasteiger partial charge in [0.2, 0.25) is 0 Å². The number of rotatable bonds is 3. The van der Waals surface area contributed by atoms with E-state index in [1.54, 1.807) is 0 Å². The van der Waals surface area contributed by atoms with Crippen molar-refractivity contribution in [2.45, 2.75) is 18.4 Å². The topological polar surface area (TPSA) is 20.2 Å². The van der Waals surface area contributed by atoms with E-state index in [9.17, 15) is 13.9 Å². The molecule has 1 fully saturated rings. The monoisotopic (exact) mass is 260 g/mol. The second-order valence-corrected chi connectivity index (χ2v) is 5.03. The van der Waals surface area contributed by atoms with Crippen LogP contribution in [0, 0.1) is 17.6 Å². The van der Waals surface area contributed by atoms with Gasteiger partial charge in [0.25, 0.3) is 0 Å². The molecule has 0 saturated heterocycles. The zero-order valence-corrected chi connectivity index (χ0v) is 10.3. The van der Waals surface area contributed by atoms with Crippen molar-refractivity contribution >= 4 is 0 Å². The molecule has 2 aromatic rings. The van der Waals surface area contributed by atoms with Gasteiger partial charge >= 0.3 is 0 Å². The number of hydrogen-bond acceptors (Lipinski definition) is 1. The molecular weight excluding hydrogens is 246 g/mol. The molecular formula is C16H14F2O. The Bertz CT molecular complexity index is 583. The van der Waals surface area contributed by atoms with Gasteiger partial charge in [-0.15, -0.1) is 0 Å². The van der Waals surface area contributed by atoms with E-state index < -0.39 is 17.7 Å². The number of hydrogen-bond donors (Lipinski definition) is 1. The van der Waals surface area contributed by atoms with Gasteiger partial charge in [-0.1, -0.05) is 36.4 Å². The summed E-state index contributed by atoms with van der Waals surface area (Å²) in [4.78, 5) is 0. The van der Waals surface area contributed by atoms with Crippen molar-refractivity contribution < 1.29 is 13.9 Å². The maximum Gasteiger partial charge on any atom is 0.131 e. The van der Waals surface area contributed by atoms with Gasteiger partial charge in [0.05, 0.1) is 6.10 Å². The zero-order chi connectivity index (χ0) is 13.4. The Labute approximate surface area is 110 Å². The minimum atomic E-state index is -0.870. The van der Waals surface area contributed by atoms with Crippen LogP contribution >= 0.6 is 0 Å². The van der Waals surface area contributed by atoms with E-state index in [1.807, 2.05) is 30.3 Å². The fourth-order valence-corrected chi connectivity index (χ4v) is 2.62. The molecule has 1 aliphatic carbocycles. The normalized spacial score (nSPS) is 23.1. The molecule has 0 aliphatic heterocycles. The Morgan fingerprint density at radius 1 is 1.05 bits per heavy atom. The first kappa shape index (κ1) is 12.3. The summed E-state index contributed by atoms with van der Waals surface area (Å²) < 4.78 is 26.5. The van der Waals surface area contributed by atoms with Crippen LogP contribution in [0.15, 0.2) is 48.5 Å². The number of aliphatic hydroxyl groups excluding tert-OH is 1. The van der Waals surface area contributed by atoms with Crippen molar-refractivity contribution in [3.8, 4) is 0 Å². The minimum absolute atomic E-state index is 0.0161. The minimum Gasteiger partial charge on any atom is -0.388 e. The van der Waals surface area contributed by atoms with Gasteiger partial charge in [0, 0.05) is 11.6 Å². The van der Waals surface area contributed by atoms with Crippen molar-refractivity contribution in [1.29, 1.82) is 0 Å². The van der Waals surface area contributed by atoms with Crippen LogP contribution in [0.2, 0.25) is 0 Å². The number of benzene rings is 2. The third-order valence-corrected chi connectivity index (χ3v) is 3.75. The summed E-state index contributed by atoms with van der Waals surface area (Å²) in [6, 6.07) is 13.2. The summed E-state index contributed by atoms with van der Waals surface area (Å²) in [5.74, 6) is -1.02. The molecule has 0 spiro atoms. The summed E-state index contributed by atoms with van der Waals surface area (Å²) in [5, 5.41) is 10.2. The van der Waals surface area contributed by atoms with E-state index >= 15 is 0 Å². The second-order valence-electron chi connectivity index (χ2n) is 5.03. The summed E-state index contributed by atoms with van der Waals surface area (Å²) in [6.07, 6.45) is -0.0343. The van der Waals surface area contributed by atoms with Crippen LogP contribution in [0.1, 0.15) is 29.6 Å². The molecule has 1 N–H and O–H groups in total. The number of halogens is 2. The highest BCUT2D eigenvalue weighted by atomic mass is 19.1. The molecule has 1 saturated carbocycles. The fourth-order valence-electron chi connectivity index (χ4n) is 2.62. The van der Waals surface area contributed by atoms with Crippen molar-refractivity contribution in [2.24, 2.45) is 5.92 Å². The lowest BCUT2D eigenvalue weighted by atomic mass is 10.0. The molecule has 0 heterocycles. The first-order chi connectivity index (χ1) is 9.16. The molecule has 3 atom stereocenters. The predicted molar refractivity (Wildman–Crippen MR) is 68.6 cm³/mol. The predicted octanol–water partition coefficient (Wildman–Crippen LogP) is 3.80. The summed E-state index contributed by atoms with van der Waals surface area (Å²) in [5.41, 5.74) is 1.35. The molecule has 0 aromatic heterocycles. The van der Waals surface area contributed by atoms with Crippen LogP contribution in [0.5, 0.6) is 0 Å². The molecule has 2 aromatic carbocycles. The van der Waals surface area contributed by atoms with Crippen molar-refractivity contribution in [1.82, 2.24) is 0 Å². The standard InChI is InChI=1S/C16H14F2O/c17-11-6-7-12(15(18)8-11)16(19)14-9-13(14)10-4-2-1-3-5-10/h1-8,13-14,16,19H,9H2. The van der Waals surface area contributed by atoms with E-state index in [0.29, 0.717) is 0 Å². The summed E-state index contributed by atoms with van der Waals surface area (Å²) in [7, 11) is 0. The molecule has 1 aliphatic rings. The van der Waals surface area contributed by atoms with Crippen LogP contribution in [0.25, 0.3) is 0 Å². The van der Waals surface area contributed by atoms with E-state index in [4.69, 9.17) is 0 Å². The number of aliphatic hydroxyl groups is 1. The molecule has 98 valence electrons. The highest BCUT2D eigenvalue weighted by Gasteiger charge is 2.44. The maximum atomic E-state index is 13.6. The molecule has 3 rings (SSSR count). The highest BCUT2D eigenvalue weighted by molar-refractivity contribution is 5.30. The van der Waals surface area contributed by atoms with Crippen molar-refractivity contribution in [3.05, 3.63) is 71.3 Å². The molecule has 0 radical (unpaired) electrons. The third kappa shape index (κ3) is 2.38. The molecule has 3 heteroatoms. The van der Waals surface area contributed by atoms with Gasteiger partial charge in [-0.25, -0.2) is 8.78 Å². The largest absolute Gasteiger partial charge is 0.388 e. The Balaban J connectivity index is 1.78. The lowest BCUT2D eigenvalue weighted by Crippen LogP contribution is -2.04. The SMILES string of the molecule is OC(c1ccc(F)cc1F)C1CC1c1ccccc1. The lowest BCUT2D eigenvalue weighted by molar-refractivity contribution is 0.146.